The molecule has 0 amide bonds. The van der Waals surface area contributed by atoms with Gasteiger partial charge in [-0.2, -0.15) is 13.2 Å². The number of hydrogen-bond donors (Lipinski definition) is 0. The molecule has 0 spiro atoms. The van der Waals surface area contributed by atoms with Crippen molar-refractivity contribution in [3.05, 3.63) is 20.9 Å². The van der Waals surface area contributed by atoms with Crippen LogP contribution in [0.15, 0.2) is 6.07 Å². The molecule has 0 bridgehead atoms. The van der Waals surface area contributed by atoms with Gasteiger partial charge in [-0.05, 0) is 28.7 Å². The summed E-state index contributed by atoms with van der Waals surface area (Å²) in [6, 6.07) is 0.474. The first-order valence-electron chi connectivity index (χ1n) is 5.03. The lowest BCUT2D eigenvalue weighted by Crippen LogP contribution is -2.21. The van der Waals surface area contributed by atoms with Crippen LogP contribution in [0, 0.1) is 3.57 Å². The van der Waals surface area contributed by atoms with E-state index in [0.717, 1.165) is 29.7 Å². The van der Waals surface area contributed by atoms with E-state index in [1.54, 1.807) is 0 Å². The Morgan fingerprint density at radius 1 is 1.29 bits per heavy atom. The van der Waals surface area contributed by atoms with Gasteiger partial charge < -0.3 is 9.47 Å². The van der Waals surface area contributed by atoms with E-state index in [-0.39, 0.29) is 0 Å². The Bertz CT molecular complexity index is 543. The van der Waals surface area contributed by atoms with Crippen LogP contribution in [0.2, 0.25) is 0 Å². The number of halogens is 7. The van der Waals surface area contributed by atoms with Crippen molar-refractivity contribution in [2.45, 2.75) is 19.0 Å². The first-order chi connectivity index (χ1) is 9.44. The third-order valence-corrected chi connectivity index (χ3v) is 3.09. The second kappa shape index (κ2) is 6.23. The molecule has 118 valence electrons. The molecule has 21 heavy (non-hydrogen) atoms. The van der Waals surface area contributed by atoms with Crippen molar-refractivity contribution >= 4 is 28.6 Å². The van der Waals surface area contributed by atoms with E-state index in [1.165, 1.54) is 0 Å². The van der Waals surface area contributed by atoms with Crippen LogP contribution < -0.4 is 4.74 Å². The van der Waals surface area contributed by atoms with Gasteiger partial charge in [-0.25, -0.2) is 4.98 Å². The quantitative estimate of drug-likeness (QED) is 0.421. The predicted octanol–water partition coefficient (Wildman–Crippen LogP) is 3.32. The molecule has 1 rings (SSSR count). The highest BCUT2D eigenvalue weighted by Gasteiger charge is 2.39. The molecule has 0 aliphatic carbocycles. The second-order valence-electron chi connectivity index (χ2n) is 3.58. The van der Waals surface area contributed by atoms with Crippen molar-refractivity contribution in [2.24, 2.45) is 0 Å². The van der Waals surface area contributed by atoms with Gasteiger partial charge in [0, 0.05) is 0 Å². The minimum Gasteiger partial charge on any atom is -0.469 e. The van der Waals surface area contributed by atoms with E-state index >= 15 is 0 Å². The number of ether oxygens (including phenoxy) is 2. The summed E-state index contributed by atoms with van der Waals surface area (Å²) in [6.07, 6.45) is -10.8. The molecule has 1 aromatic rings. The summed E-state index contributed by atoms with van der Waals surface area (Å²) in [7, 11) is 0.979. The number of pyridine rings is 1. The van der Waals surface area contributed by atoms with Crippen molar-refractivity contribution in [3.63, 3.8) is 0 Å². The largest absolute Gasteiger partial charge is 0.574 e. The number of aromatic nitrogens is 1. The molecule has 1 heterocycles. The maximum atomic E-state index is 12.8. The molecule has 0 atom stereocenters. The first kappa shape index (κ1) is 17.8. The normalized spacial score (nSPS) is 12.2. The highest BCUT2D eigenvalue weighted by Crippen LogP contribution is 2.38. The topological polar surface area (TPSA) is 48.4 Å². The van der Waals surface area contributed by atoms with Gasteiger partial charge >= 0.3 is 18.5 Å². The van der Waals surface area contributed by atoms with E-state index in [1.807, 2.05) is 0 Å². The molecule has 0 aliphatic heterocycles. The molecular formula is C10H6F6INO3. The van der Waals surface area contributed by atoms with Gasteiger partial charge in [-0.3, -0.25) is 4.79 Å². The fourth-order valence-electron chi connectivity index (χ4n) is 1.25. The van der Waals surface area contributed by atoms with Gasteiger partial charge in [0.1, 0.15) is 0 Å². The predicted molar refractivity (Wildman–Crippen MR) is 64.4 cm³/mol. The smallest absolute Gasteiger partial charge is 0.469 e. The Balaban J connectivity index is 3.35. The molecule has 11 heteroatoms. The highest BCUT2D eigenvalue weighted by atomic mass is 127. The summed E-state index contributed by atoms with van der Waals surface area (Å²) < 4.78 is 81.7. The molecule has 0 radical (unpaired) electrons. The van der Waals surface area contributed by atoms with Crippen LogP contribution >= 0.6 is 22.6 Å². The molecule has 0 aromatic carbocycles. The fourth-order valence-corrected chi connectivity index (χ4v) is 1.94. The SMILES string of the molecule is COC(=O)Cc1cc(C(F)(F)F)c(I)c(OC(F)(F)F)n1. The highest BCUT2D eigenvalue weighted by molar-refractivity contribution is 14.1. The minimum atomic E-state index is -5.21. The number of nitrogens with zero attached hydrogens (tertiary/aromatic N) is 1. The average molecular weight is 429 g/mol. The van der Waals surface area contributed by atoms with Crippen molar-refractivity contribution in [1.82, 2.24) is 4.98 Å². The summed E-state index contributed by atoms with van der Waals surface area (Å²) in [4.78, 5) is 14.3. The zero-order valence-corrected chi connectivity index (χ0v) is 12.3. The van der Waals surface area contributed by atoms with Crippen LogP contribution in [0.25, 0.3) is 0 Å². The van der Waals surface area contributed by atoms with E-state index in [9.17, 15) is 31.1 Å². The van der Waals surface area contributed by atoms with Crippen LogP contribution in [-0.2, 0) is 22.1 Å². The number of alkyl halides is 6. The number of carbonyl (C=O) groups is 1. The van der Waals surface area contributed by atoms with Crippen LogP contribution in [0.3, 0.4) is 0 Å². The average Bonchev–Trinajstić information content (AvgIpc) is 2.29. The van der Waals surface area contributed by atoms with Crippen molar-refractivity contribution in [2.75, 3.05) is 7.11 Å². The van der Waals surface area contributed by atoms with Crippen LogP contribution in [0.1, 0.15) is 11.3 Å². The zero-order valence-electron chi connectivity index (χ0n) is 10.1. The van der Waals surface area contributed by atoms with Crippen LogP contribution in [0.4, 0.5) is 26.3 Å². The molecule has 0 unspecified atom stereocenters. The monoisotopic (exact) mass is 429 g/mol. The number of esters is 1. The van der Waals surface area contributed by atoms with Gasteiger partial charge in [0.05, 0.1) is 28.4 Å². The summed E-state index contributed by atoms with van der Waals surface area (Å²) in [5.41, 5.74) is -1.93. The fraction of sp³-hybridized carbons (Fsp3) is 0.400. The molecule has 1 aromatic heterocycles. The molecule has 0 fully saturated rings. The van der Waals surface area contributed by atoms with Crippen LogP contribution in [0.5, 0.6) is 5.88 Å². The summed E-state index contributed by atoms with van der Waals surface area (Å²) in [5.74, 6) is -2.22. The number of hydrogen-bond acceptors (Lipinski definition) is 4. The summed E-state index contributed by atoms with van der Waals surface area (Å²) >= 11 is 1.04. The Morgan fingerprint density at radius 3 is 2.29 bits per heavy atom. The lowest BCUT2D eigenvalue weighted by atomic mass is 10.2. The zero-order chi connectivity index (χ0) is 16.4. The Labute approximate surface area is 127 Å². The van der Waals surface area contributed by atoms with Crippen molar-refractivity contribution < 1.29 is 40.6 Å². The van der Waals surface area contributed by atoms with Gasteiger partial charge in [0.2, 0.25) is 5.88 Å². The number of rotatable bonds is 3. The molecule has 0 N–H and O–H groups in total. The maximum absolute atomic E-state index is 12.8. The summed E-state index contributed by atoms with van der Waals surface area (Å²) in [6.45, 7) is 0. The Morgan fingerprint density at radius 2 is 1.86 bits per heavy atom. The van der Waals surface area contributed by atoms with Crippen molar-refractivity contribution in [1.29, 1.82) is 0 Å². The standard InChI is InChI=1S/C10H6F6INO3/c1-20-6(19)3-4-2-5(9(11,12)13)7(17)8(18-4)21-10(14,15)16/h2H,3H2,1H3. The Kier molecular flexibility index (Phi) is 5.28. The van der Waals surface area contributed by atoms with Gasteiger partial charge in [0.25, 0.3) is 0 Å². The maximum Gasteiger partial charge on any atom is 0.574 e. The lowest BCUT2D eigenvalue weighted by molar-refractivity contribution is -0.276. The van der Waals surface area contributed by atoms with E-state index in [4.69, 9.17) is 0 Å². The van der Waals surface area contributed by atoms with E-state index < -0.39 is 45.6 Å². The van der Waals surface area contributed by atoms with E-state index in [0.29, 0.717) is 6.07 Å². The molecule has 0 saturated heterocycles. The molecule has 4 nitrogen and oxygen atoms in total. The van der Waals surface area contributed by atoms with E-state index in [2.05, 4.69) is 14.5 Å². The van der Waals surface area contributed by atoms with Gasteiger partial charge in [-0.1, -0.05) is 0 Å². The molecule has 0 saturated carbocycles. The first-order valence-corrected chi connectivity index (χ1v) is 6.11. The third kappa shape index (κ3) is 5.21. The van der Waals surface area contributed by atoms with Crippen LogP contribution in [-0.4, -0.2) is 24.4 Å². The van der Waals surface area contributed by atoms with Gasteiger partial charge in [0.15, 0.2) is 0 Å². The van der Waals surface area contributed by atoms with Gasteiger partial charge in [-0.15, -0.1) is 13.2 Å². The minimum absolute atomic E-state index is 0.474. The number of methoxy groups -OCH3 is 1. The second-order valence-corrected chi connectivity index (χ2v) is 4.66. The summed E-state index contributed by atoms with van der Waals surface area (Å²) in [5, 5.41) is 0. The van der Waals surface area contributed by atoms with Crippen molar-refractivity contribution in [3.8, 4) is 5.88 Å². The molecular weight excluding hydrogens is 423 g/mol. The Hall–Kier alpha value is -1.27. The third-order valence-electron chi connectivity index (χ3n) is 2.05. The number of carbonyl (C=O) groups excluding carboxylic acids is 1. The lowest BCUT2D eigenvalue weighted by Gasteiger charge is -2.15. The molecule has 0 aliphatic rings.